The Morgan fingerprint density at radius 1 is 1.16 bits per heavy atom. The van der Waals surface area contributed by atoms with Crippen molar-refractivity contribution in [3.05, 3.63) is 48.0 Å². The van der Waals surface area contributed by atoms with Gasteiger partial charge in [0.05, 0.1) is 17.3 Å². The van der Waals surface area contributed by atoms with Gasteiger partial charge in [-0.05, 0) is 49.6 Å². The van der Waals surface area contributed by atoms with Crippen LogP contribution in [0.2, 0.25) is 0 Å². The number of para-hydroxylation sites is 1. The van der Waals surface area contributed by atoms with Crippen molar-refractivity contribution in [2.45, 2.75) is 31.0 Å². The molecule has 166 valence electrons. The monoisotopic (exact) mass is 450 g/mol. The summed E-state index contributed by atoms with van der Waals surface area (Å²) < 4.78 is 11.4. The van der Waals surface area contributed by atoms with Gasteiger partial charge in [0.15, 0.2) is 16.7 Å². The van der Waals surface area contributed by atoms with Gasteiger partial charge in [-0.15, -0.1) is 0 Å². The second-order valence-corrected chi connectivity index (χ2v) is 8.78. The van der Waals surface area contributed by atoms with Gasteiger partial charge >= 0.3 is 0 Å². The highest BCUT2D eigenvalue weighted by Crippen LogP contribution is 2.38. The molecule has 1 amide bonds. The molecule has 2 aliphatic rings. The number of hydrogen-bond donors (Lipinski definition) is 1. The van der Waals surface area contributed by atoms with E-state index in [0.29, 0.717) is 24.1 Å². The Balaban J connectivity index is 1.30. The number of aromatic nitrogens is 2. The van der Waals surface area contributed by atoms with Gasteiger partial charge in [0, 0.05) is 18.5 Å². The summed E-state index contributed by atoms with van der Waals surface area (Å²) in [7, 11) is 0. The van der Waals surface area contributed by atoms with Crippen LogP contribution >= 0.6 is 11.8 Å². The molecule has 7 nitrogen and oxygen atoms in total. The van der Waals surface area contributed by atoms with E-state index in [0.717, 1.165) is 59.7 Å². The molecule has 0 spiro atoms. The first-order valence-corrected chi connectivity index (χ1v) is 12.0. The molecular formula is C24H26N4O3S. The predicted octanol–water partition coefficient (Wildman–Crippen LogP) is 4.29. The van der Waals surface area contributed by atoms with Crippen molar-refractivity contribution < 1.29 is 14.3 Å². The highest BCUT2D eigenvalue weighted by molar-refractivity contribution is 7.99. The van der Waals surface area contributed by atoms with Gasteiger partial charge in [-0.2, -0.15) is 0 Å². The number of fused-ring (bicyclic) bond motifs is 2. The molecule has 3 aromatic rings. The molecule has 5 rings (SSSR count). The number of carbonyl (C=O) groups is 1. The average Bonchev–Trinajstić information content (AvgIpc) is 3.32. The summed E-state index contributed by atoms with van der Waals surface area (Å²) in [6.45, 7) is 4.71. The van der Waals surface area contributed by atoms with E-state index in [4.69, 9.17) is 9.47 Å². The number of likely N-dealkylation sites (tertiary alicyclic amines) is 1. The van der Waals surface area contributed by atoms with E-state index in [1.165, 1.54) is 11.8 Å². The number of amides is 1. The van der Waals surface area contributed by atoms with Crippen LogP contribution < -0.4 is 14.8 Å². The van der Waals surface area contributed by atoms with Crippen molar-refractivity contribution in [1.29, 1.82) is 0 Å². The zero-order chi connectivity index (χ0) is 21.9. The maximum Gasteiger partial charge on any atom is 0.233 e. The fourth-order valence-electron chi connectivity index (χ4n) is 4.31. The Morgan fingerprint density at radius 2 is 2.00 bits per heavy atom. The van der Waals surface area contributed by atoms with Crippen molar-refractivity contribution >= 4 is 34.4 Å². The number of nitrogens with zero attached hydrogens (tertiary/aromatic N) is 3. The van der Waals surface area contributed by atoms with Crippen LogP contribution in [0.4, 0.5) is 5.82 Å². The van der Waals surface area contributed by atoms with E-state index in [1.54, 1.807) is 0 Å². The van der Waals surface area contributed by atoms with Crippen LogP contribution in [0.3, 0.4) is 0 Å². The summed E-state index contributed by atoms with van der Waals surface area (Å²) in [5, 5.41) is 4.91. The second-order valence-electron chi connectivity index (χ2n) is 7.84. The Labute approximate surface area is 191 Å². The molecule has 1 N–H and O–H groups in total. The molecule has 1 atom stereocenters. The maximum atomic E-state index is 13.1. The number of hydrogen-bond acceptors (Lipinski definition) is 7. The number of carbonyl (C=O) groups excluding carboxylic acids is 1. The van der Waals surface area contributed by atoms with Crippen molar-refractivity contribution in [1.82, 2.24) is 14.9 Å². The van der Waals surface area contributed by atoms with Crippen LogP contribution in [0, 0.1) is 0 Å². The average molecular weight is 451 g/mol. The molecule has 0 unspecified atom stereocenters. The molecule has 0 aliphatic carbocycles. The molecule has 1 saturated heterocycles. The Bertz CT molecular complexity index is 1140. The van der Waals surface area contributed by atoms with Gasteiger partial charge in [-0.25, -0.2) is 9.97 Å². The predicted molar refractivity (Wildman–Crippen MR) is 126 cm³/mol. The minimum Gasteiger partial charge on any atom is -0.486 e. The fourth-order valence-corrected chi connectivity index (χ4v) is 5.05. The standard InChI is InChI=1S/C24H26N4O3S/c1-2-25-23-17-6-3-4-7-18(17)26-24(27-23)32-15-22(29)28-11-5-8-19(28)16-9-10-20-21(14-16)31-13-12-30-20/h3-4,6-7,9-10,14,19H,2,5,8,11-13,15H2,1H3,(H,25,26,27)/t19-/m1/s1. The summed E-state index contributed by atoms with van der Waals surface area (Å²) >= 11 is 1.39. The number of thioether (sulfide) groups is 1. The molecule has 2 aliphatic heterocycles. The molecule has 0 saturated carbocycles. The molecule has 1 aromatic heterocycles. The maximum absolute atomic E-state index is 13.1. The molecule has 3 heterocycles. The molecule has 2 aromatic carbocycles. The van der Waals surface area contributed by atoms with Crippen molar-refractivity contribution in [2.24, 2.45) is 0 Å². The summed E-state index contributed by atoms with van der Waals surface area (Å²) in [5.74, 6) is 2.77. The Kier molecular flexibility index (Phi) is 6.03. The van der Waals surface area contributed by atoms with E-state index in [9.17, 15) is 4.79 Å². The number of benzene rings is 2. The van der Waals surface area contributed by atoms with Crippen molar-refractivity contribution in [3.8, 4) is 11.5 Å². The van der Waals surface area contributed by atoms with Gasteiger partial charge in [-0.1, -0.05) is 30.0 Å². The number of rotatable bonds is 6. The lowest BCUT2D eigenvalue weighted by Crippen LogP contribution is -2.32. The molecule has 1 fully saturated rings. The lowest BCUT2D eigenvalue weighted by atomic mass is 10.0. The van der Waals surface area contributed by atoms with Crippen LogP contribution in [0.25, 0.3) is 10.9 Å². The first-order chi connectivity index (χ1) is 15.7. The lowest BCUT2D eigenvalue weighted by Gasteiger charge is -2.26. The van der Waals surface area contributed by atoms with Crippen LogP contribution in [-0.2, 0) is 4.79 Å². The SMILES string of the molecule is CCNc1nc(SCC(=O)N2CCC[C@@H]2c2ccc3c(c2)OCCO3)nc2ccccc12. The van der Waals surface area contributed by atoms with Gasteiger partial charge in [0.25, 0.3) is 0 Å². The topological polar surface area (TPSA) is 76.6 Å². The van der Waals surface area contributed by atoms with Gasteiger partial charge in [0.2, 0.25) is 5.91 Å². The van der Waals surface area contributed by atoms with Crippen LogP contribution in [-0.4, -0.2) is 52.8 Å². The third-order valence-electron chi connectivity index (χ3n) is 5.78. The van der Waals surface area contributed by atoms with E-state index >= 15 is 0 Å². The van der Waals surface area contributed by atoms with Crippen molar-refractivity contribution in [2.75, 3.05) is 37.4 Å². The third-order valence-corrected chi connectivity index (χ3v) is 6.61. The Hall–Kier alpha value is -3.00. The third kappa shape index (κ3) is 4.19. The highest BCUT2D eigenvalue weighted by Gasteiger charge is 2.31. The van der Waals surface area contributed by atoms with E-state index in [2.05, 4.69) is 15.3 Å². The largest absolute Gasteiger partial charge is 0.486 e. The molecule has 32 heavy (non-hydrogen) atoms. The van der Waals surface area contributed by atoms with Gasteiger partial charge in [-0.3, -0.25) is 4.79 Å². The minimum absolute atomic E-state index is 0.0637. The number of anilines is 1. The number of ether oxygens (including phenoxy) is 2. The normalized spacial score (nSPS) is 17.5. The number of nitrogens with one attached hydrogen (secondary N) is 1. The van der Waals surface area contributed by atoms with Gasteiger partial charge in [0.1, 0.15) is 19.0 Å². The van der Waals surface area contributed by atoms with E-state index in [-0.39, 0.29) is 11.9 Å². The van der Waals surface area contributed by atoms with E-state index in [1.807, 2.05) is 54.3 Å². The molecular weight excluding hydrogens is 424 g/mol. The highest BCUT2D eigenvalue weighted by atomic mass is 32.2. The molecule has 0 bridgehead atoms. The summed E-state index contributed by atoms with van der Waals surface area (Å²) in [6.07, 6.45) is 1.94. The second kappa shape index (κ2) is 9.24. The van der Waals surface area contributed by atoms with E-state index < -0.39 is 0 Å². The van der Waals surface area contributed by atoms with Crippen LogP contribution in [0.15, 0.2) is 47.6 Å². The Morgan fingerprint density at radius 3 is 2.88 bits per heavy atom. The smallest absolute Gasteiger partial charge is 0.233 e. The summed E-state index contributed by atoms with van der Waals surface area (Å²) in [4.78, 5) is 24.4. The quantitative estimate of drug-likeness (QED) is 0.443. The minimum atomic E-state index is 0.0637. The van der Waals surface area contributed by atoms with Crippen LogP contribution in [0.1, 0.15) is 31.4 Å². The van der Waals surface area contributed by atoms with Gasteiger partial charge < -0.3 is 19.7 Å². The van der Waals surface area contributed by atoms with Crippen LogP contribution in [0.5, 0.6) is 11.5 Å². The molecule has 0 radical (unpaired) electrons. The molecule has 8 heteroatoms. The first kappa shape index (κ1) is 20.9. The van der Waals surface area contributed by atoms with Crippen molar-refractivity contribution in [3.63, 3.8) is 0 Å². The lowest BCUT2D eigenvalue weighted by molar-refractivity contribution is -0.129. The zero-order valence-corrected chi connectivity index (χ0v) is 18.9. The fraction of sp³-hybridized carbons (Fsp3) is 0.375. The first-order valence-electron chi connectivity index (χ1n) is 11.1. The summed E-state index contributed by atoms with van der Waals surface area (Å²) in [6, 6.07) is 14.0. The zero-order valence-electron chi connectivity index (χ0n) is 18.0. The summed E-state index contributed by atoms with van der Waals surface area (Å²) in [5.41, 5.74) is 1.98.